The molecule has 118 valence electrons. The number of hydrogen-bond donors (Lipinski definition) is 2. The maximum atomic E-state index is 13.4. The molecule has 2 N–H and O–H groups in total. The number of benzene rings is 1. The SMILES string of the molecule is C=CNC(=NC(C)CC(C)=O)N/N=C/c1c(F)cccc1F. The van der Waals surface area contributed by atoms with Crippen LogP contribution < -0.4 is 10.7 Å². The summed E-state index contributed by atoms with van der Waals surface area (Å²) in [5, 5.41) is 6.43. The van der Waals surface area contributed by atoms with E-state index < -0.39 is 11.6 Å². The Balaban J connectivity index is 2.79. The maximum Gasteiger partial charge on any atom is 0.216 e. The van der Waals surface area contributed by atoms with Crippen LogP contribution in [0.1, 0.15) is 25.8 Å². The average Bonchev–Trinajstić information content (AvgIpc) is 2.41. The molecule has 0 aromatic heterocycles. The molecule has 0 fully saturated rings. The average molecular weight is 308 g/mol. The lowest BCUT2D eigenvalue weighted by Crippen LogP contribution is -2.32. The molecule has 0 spiro atoms. The summed E-state index contributed by atoms with van der Waals surface area (Å²) in [6.45, 7) is 6.72. The minimum Gasteiger partial charge on any atom is -0.332 e. The van der Waals surface area contributed by atoms with Gasteiger partial charge in [-0.15, -0.1) is 0 Å². The van der Waals surface area contributed by atoms with Crippen LogP contribution in [0.3, 0.4) is 0 Å². The molecule has 0 saturated heterocycles. The normalized spacial score (nSPS) is 13.0. The van der Waals surface area contributed by atoms with E-state index in [1.54, 1.807) is 6.92 Å². The van der Waals surface area contributed by atoms with Crippen LogP contribution in [-0.2, 0) is 4.79 Å². The zero-order chi connectivity index (χ0) is 16.5. The number of nitrogens with zero attached hydrogens (tertiary/aromatic N) is 2. The van der Waals surface area contributed by atoms with Gasteiger partial charge in [-0.05, 0) is 32.2 Å². The molecule has 0 heterocycles. The molecular formula is C15H18F2N4O. The summed E-state index contributed by atoms with van der Waals surface area (Å²) in [6.07, 6.45) is 2.65. The van der Waals surface area contributed by atoms with Crippen molar-refractivity contribution >= 4 is 18.0 Å². The number of hydrogen-bond acceptors (Lipinski definition) is 3. The number of hydrazone groups is 1. The van der Waals surface area contributed by atoms with Crippen LogP contribution in [0.4, 0.5) is 8.78 Å². The van der Waals surface area contributed by atoms with Crippen molar-refractivity contribution in [3.8, 4) is 0 Å². The Morgan fingerprint density at radius 2 is 2.05 bits per heavy atom. The van der Waals surface area contributed by atoms with Crippen molar-refractivity contribution in [2.75, 3.05) is 0 Å². The molecule has 0 radical (unpaired) electrons. The Morgan fingerprint density at radius 1 is 1.41 bits per heavy atom. The smallest absolute Gasteiger partial charge is 0.216 e. The second-order valence-corrected chi connectivity index (χ2v) is 4.59. The summed E-state index contributed by atoms with van der Waals surface area (Å²) in [5.74, 6) is -1.21. The second kappa shape index (κ2) is 8.66. The zero-order valence-electron chi connectivity index (χ0n) is 12.4. The summed E-state index contributed by atoms with van der Waals surface area (Å²) in [7, 11) is 0. The van der Waals surface area contributed by atoms with Crippen LogP contribution in [-0.4, -0.2) is 24.0 Å². The van der Waals surface area contributed by atoms with Crippen molar-refractivity contribution in [3.63, 3.8) is 0 Å². The number of ketones is 1. The van der Waals surface area contributed by atoms with Crippen LogP contribution in [0.5, 0.6) is 0 Å². The van der Waals surface area contributed by atoms with Crippen molar-refractivity contribution in [3.05, 3.63) is 48.2 Å². The highest BCUT2D eigenvalue weighted by Gasteiger charge is 2.06. The Labute approximate surface area is 127 Å². The zero-order valence-corrected chi connectivity index (χ0v) is 12.4. The Hall–Kier alpha value is -2.57. The van der Waals surface area contributed by atoms with Crippen LogP contribution in [0, 0.1) is 11.6 Å². The fourth-order valence-corrected chi connectivity index (χ4v) is 1.67. The molecule has 0 aliphatic heterocycles. The first-order chi connectivity index (χ1) is 10.4. The molecule has 1 atom stereocenters. The number of carbonyl (C=O) groups is 1. The largest absolute Gasteiger partial charge is 0.332 e. The van der Waals surface area contributed by atoms with Gasteiger partial charge < -0.3 is 5.32 Å². The van der Waals surface area contributed by atoms with Gasteiger partial charge in [0.05, 0.1) is 17.8 Å². The molecule has 1 rings (SSSR count). The molecular weight excluding hydrogens is 290 g/mol. The molecule has 0 amide bonds. The highest BCUT2D eigenvalue weighted by molar-refractivity contribution is 5.85. The van der Waals surface area contributed by atoms with Gasteiger partial charge in [0.2, 0.25) is 5.96 Å². The van der Waals surface area contributed by atoms with Crippen LogP contribution in [0.25, 0.3) is 0 Å². The molecule has 1 aromatic rings. The molecule has 22 heavy (non-hydrogen) atoms. The third-order valence-corrected chi connectivity index (χ3v) is 2.53. The standard InChI is InChI=1S/C15H18F2N4O/c1-4-18-15(20-10(2)8-11(3)22)21-19-9-12-13(16)6-5-7-14(12)17/h4-7,9-10H,1,8H2,2-3H3,(H2,18,20,21)/b19-9+. The molecule has 0 aliphatic carbocycles. The third-order valence-electron chi connectivity index (χ3n) is 2.53. The number of Topliss-reactive ketones (excluding diaryl/α,β-unsaturated/α-hetero) is 1. The lowest BCUT2D eigenvalue weighted by atomic mass is 10.2. The number of halogens is 2. The molecule has 0 bridgehead atoms. The number of nitrogens with one attached hydrogen (secondary N) is 2. The van der Waals surface area contributed by atoms with Crippen molar-refractivity contribution in [1.29, 1.82) is 0 Å². The van der Waals surface area contributed by atoms with E-state index >= 15 is 0 Å². The molecule has 1 aromatic carbocycles. The lowest BCUT2D eigenvalue weighted by Gasteiger charge is -2.09. The van der Waals surface area contributed by atoms with Gasteiger partial charge in [0.15, 0.2) is 0 Å². The minimum absolute atomic E-state index is 0.00568. The van der Waals surface area contributed by atoms with Crippen LogP contribution in [0.2, 0.25) is 0 Å². The van der Waals surface area contributed by atoms with Gasteiger partial charge in [-0.3, -0.25) is 4.79 Å². The van der Waals surface area contributed by atoms with E-state index in [4.69, 9.17) is 0 Å². The van der Waals surface area contributed by atoms with Gasteiger partial charge in [-0.25, -0.2) is 19.2 Å². The van der Waals surface area contributed by atoms with E-state index in [-0.39, 0.29) is 29.8 Å². The first-order valence-electron chi connectivity index (χ1n) is 6.61. The van der Waals surface area contributed by atoms with Crippen molar-refractivity contribution in [2.45, 2.75) is 26.3 Å². The molecule has 1 unspecified atom stereocenters. The van der Waals surface area contributed by atoms with Gasteiger partial charge in [0.25, 0.3) is 0 Å². The molecule has 5 nitrogen and oxygen atoms in total. The summed E-state index contributed by atoms with van der Waals surface area (Å²) in [5.41, 5.74) is 2.26. The highest BCUT2D eigenvalue weighted by Crippen LogP contribution is 2.08. The highest BCUT2D eigenvalue weighted by atomic mass is 19.1. The Kier molecular flexibility index (Phi) is 6.88. The molecule has 0 aliphatic rings. The van der Waals surface area contributed by atoms with Gasteiger partial charge in [0.1, 0.15) is 17.4 Å². The quantitative estimate of drug-likeness (QED) is 0.481. The third kappa shape index (κ3) is 5.82. The summed E-state index contributed by atoms with van der Waals surface area (Å²) >= 11 is 0. The van der Waals surface area contributed by atoms with E-state index in [0.29, 0.717) is 0 Å². The van der Waals surface area contributed by atoms with Gasteiger partial charge in [0, 0.05) is 6.42 Å². The fourth-order valence-electron chi connectivity index (χ4n) is 1.67. The minimum atomic E-state index is -0.717. The van der Waals surface area contributed by atoms with Crippen LogP contribution >= 0.6 is 0 Å². The first kappa shape index (κ1) is 17.5. The Morgan fingerprint density at radius 3 is 2.59 bits per heavy atom. The topological polar surface area (TPSA) is 65.8 Å². The lowest BCUT2D eigenvalue weighted by molar-refractivity contribution is -0.117. The van der Waals surface area contributed by atoms with Crippen molar-refractivity contribution < 1.29 is 13.6 Å². The Bertz CT molecular complexity index is 579. The molecule has 0 saturated carbocycles. The monoisotopic (exact) mass is 308 g/mol. The predicted molar refractivity (Wildman–Crippen MR) is 82.6 cm³/mol. The van der Waals surface area contributed by atoms with Crippen LogP contribution in [0.15, 0.2) is 41.1 Å². The second-order valence-electron chi connectivity index (χ2n) is 4.59. The van der Waals surface area contributed by atoms with Gasteiger partial charge >= 0.3 is 0 Å². The van der Waals surface area contributed by atoms with Crippen molar-refractivity contribution in [1.82, 2.24) is 10.7 Å². The summed E-state index contributed by atoms with van der Waals surface area (Å²) in [4.78, 5) is 15.2. The van der Waals surface area contributed by atoms with E-state index in [1.165, 1.54) is 19.2 Å². The molecule has 7 heteroatoms. The number of carbonyl (C=O) groups excluding carboxylic acids is 1. The van der Waals surface area contributed by atoms with E-state index in [2.05, 4.69) is 27.4 Å². The first-order valence-corrected chi connectivity index (χ1v) is 6.61. The van der Waals surface area contributed by atoms with Crippen molar-refractivity contribution in [2.24, 2.45) is 10.1 Å². The number of aliphatic imine (C=N–C) groups is 1. The van der Waals surface area contributed by atoms with Gasteiger partial charge in [-0.2, -0.15) is 5.10 Å². The maximum absolute atomic E-state index is 13.4. The fraction of sp³-hybridized carbons (Fsp3) is 0.267. The predicted octanol–water partition coefficient (Wildman–Crippen LogP) is 2.35. The van der Waals surface area contributed by atoms with E-state index in [9.17, 15) is 13.6 Å². The number of rotatable bonds is 6. The van der Waals surface area contributed by atoms with E-state index in [0.717, 1.165) is 18.3 Å². The van der Waals surface area contributed by atoms with Gasteiger partial charge in [-0.1, -0.05) is 12.6 Å². The summed E-state index contributed by atoms with van der Waals surface area (Å²) < 4.78 is 26.8. The van der Waals surface area contributed by atoms with E-state index in [1.807, 2.05) is 0 Å². The summed E-state index contributed by atoms with van der Waals surface area (Å²) in [6, 6.07) is 3.27. The number of guanidine groups is 1.